The van der Waals surface area contributed by atoms with Crippen molar-refractivity contribution in [3.05, 3.63) is 93.6 Å². The Hall–Kier alpha value is -3.93. The van der Waals surface area contributed by atoms with Crippen molar-refractivity contribution < 1.29 is 30.0 Å². The van der Waals surface area contributed by atoms with Gasteiger partial charge < -0.3 is 25.2 Å². The Bertz CT molecular complexity index is 1590. The number of benzene rings is 2. The maximum Gasteiger partial charge on any atom is 0.339 e. The smallest absolute Gasteiger partial charge is 0.339 e. The van der Waals surface area contributed by atoms with E-state index in [4.69, 9.17) is 4.74 Å². The summed E-state index contributed by atoms with van der Waals surface area (Å²) in [5.74, 6) is -1.18. The quantitative estimate of drug-likeness (QED) is 0.105. The average Bonchev–Trinajstić information content (AvgIpc) is 3.03. The third kappa shape index (κ3) is 9.00. The number of hydrogen-bond acceptors (Lipinski definition) is 5. The van der Waals surface area contributed by atoms with Crippen LogP contribution in [0, 0.1) is 11.8 Å². The summed E-state index contributed by atoms with van der Waals surface area (Å²) in [5, 5.41) is 44.5. The Balaban J connectivity index is 1.75. The second-order valence-corrected chi connectivity index (χ2v) is 14.6. The average molecular weight is 671 g/mol. The molecule has 2 aliphatic carbocycles. The molecule has 0 amide bonds. The minimum atomic E-state index is -1.20. The maximum absolute atomic E-state index is 12.4. The van der Waals surface area contributed by atoms with Crippen molar-refractivity contribution in [1.29, 1.82) is 0 Å². The topological polar surface area (TPSA) is 107 Å². The van der Waals surface area contributed by atoms with E-state index in [1.54, 1.807) is 0 Å². The number of carboxylic acids is 1. The number of allylic oxidation sites excluding steroid dienone is 5. The summed E-state index contributed by atoms with van der Waals surface area (Å²) >= 11 is 0. The largest absolute Gasteiger partial charge is 0.507 e. The lowest BCUT2D eigenvalue weighted by atomic mass is 9.73. The van der Waals surface area contributed by atoms with Crippen molar-refractivity contribution in [2.45, 2.75) is 124 Å². The number of aromatic hydroxyl groups is 3. The van der Waals surface area contributed by atoms with E-state index in [2.05, 4.69) is 53.0 Å². The van der Waals surface area contributed by atoms with Gasteiger partial charge in [0, 0.05) is 23.0 Å². The van der Waals surface area contributed by atoms with E-state index in [-0.39, 0.29) is 52.7 Å². The van der Waals surface area contributed by atoms with Crippen LogP contribution in [0.3, 0.4) is 0 Å². The predicted octanol–water partition coefficient (Wildman–Crippen LogP) is 11.1. The first-order chi connectivity index (χ1) is 23.4. The summed E-state index contributed by atoms with van der Waals surface area (Å²) in [7, 11) is 0. The van der Waals surface area contributed by atoms with Crippen LogP contribution in [0.5, 0.6) is 23.0 Å². The highest BCUT2D eigenvalue weighted by molar-refractivity contribution is 5.94. The Morgan fingerprint density at radius 2 is 1.41 bits per heavy atom. The normalized spacial score (nSPS) is 20.8. The Morgan fingerprint density at radius 3 is 2.02 bits per heavy atom. The highest BCUT2D eigenvalue weighted by Gasteiger charge is 2.35. The molecule has 0 bridgehead atoms. The molecule has 49 heavy (non-hydrogen) atoms. The lowest BCUT2D eigenvalue weighted by Gasteiger charge is -2.33. The van der Waals surface area contributed by atoms with Crippen LogP contribution in [0.1, 0.15) is 143 Å². The third-order valence-electron chi connectivity index (χ3n) is 10.6. The highest BCUT2D eigenvalue weighted by atomic mass is 16.5. The first-order valence-corrected chi connectivity index (χ1v) is 18.3. The van der Waals surface area contributed by atoms with E-state index < -0.39 is 11.9 Å². The Morgan fingerprint density at radius 1 is 0.816 bits per heavy atom. The van der Waals surface area contributed by atoms with Crippen molar-refractivity contribution in [3.63, 3.8) is 0 Å². The van der Waals surface area contributed by atoms with Gasteiger partial charge in [-0.25, -0.2) is 4.79 Å². The van der Waals surface area contributed by atoms with Crippen LogP contribution in [0.15, 0.2) is 65.8 Å². The number of phenols is 3. The second-order valence-electron chi connectivity index (χ2n) is 14.6. The van der Waals surface area contributed by atoms with Gasteiger partial charge in [0.1, 0.15) is 35.2 Å². The zero-order chi connectivity index (χ0) is 35.8. The van der Waals surface area contributed by atoms with Gasteiger partial charge in [-0.1, -0.05) is 81.6 Å². The Labute approximate surface area is 293 Å². The summed E-state index contributed by atoms with van der Waals surface area (Å²) in [6, 6.07) is 5.51. The van der Waals surface area contributed by atoms with Gasteiger partial charge in [-0.15, -0.1) is 0 Å². The van der Waals surface area contributed by atoms with Crippen molar-refractivity contribution in [3.8, 4) is 23.0 Å². The standard InChI is InChI=1S/C43H58O6/c1-8-10-12-14-29-22-36(44)40(34-20-28(7)16-18-32(34)26(3)4)38(23-29)49-25-30-17-19-33(27(5)6)35(21-30)41-37(45)24-31(15-13-11-9-2)39(42(41)46)43(47)48/h20-24,32-35,44-46H,3,5,8-19,25H2,1-2,4,6-7H3,(H,47,48)/t32-,33-,34+,35+/m0/s1. The van der Waals surface area contributed by atoms with Gasteiger partial charge in [-0.05, 0) is 119 Å². The molecule has 2 aromatic rings. The van der Waals surface area contributed by atoms with E-state index in [1.165, 1.54) is 11.6 Å². The fourth-order valence-electron chi connectivity index (χ4n) is 7.91. The highest BCUT2D eigenvalue weighted by Crippen LogP contribution is 2.50. The van der Waals surface area contributed by atoms with Crippen molar-refractivity contribution in [1.82, 2.24) is 0 Å². The fraction of sp³-hybridized carbons (Fsp3) is 0.512. The van der Waals surface area contributed by atoms with Crippen molar-refractivity contribution >= 4 is 5.97 Å². The van der Waals surface area contributed by atoms with Gasteiger partial charge in [0.05, 0.1) is 0 Å². The lowest BCUT2D eigenvalue weighted by Crippen LogP contribution is -2.21. The van der Waals surface area contributed by atoms with Crippen LogP contribution in [0.2, 0.25) is 0 Å². The molecule has 4 rings (SSSR count). The van der Waals surface area contributed by atoms with Crippen molar-refractivity contribution in [2.75, 3.05) is 6.61 Å². The number of aromatic carboxylic acids is 1. The molecule has 0 radical (unpaired) electrons. The van der Waals surface area contributed by atoms with E-state index >= 15 is 0 Å². The van der Waals surface area contributed by atoms with Crippen LogP contribution in [0.4, 0.5) is 0 Å². The first-order valence-electron chi connectivity index (χ1n) is 18.3. The van der Waals surface area contributed by atoms with E-state index in [0.717, 1.165) is 92.1 Å². The van der Waals surface area contributed by atoms with Gasteiger partial charge in [0.15, 0.2) is 0 Å². The predicted molar refractivity (Wildman–Crippen MR) is 199 cm³/mol. The number of hydrogen-bond donors (Lipinski definition) is 4. The van der Waals surface area contributed by atoms with Gasteiger partial charge in [-0.3, -0.25) is 0 Å². The monoisotopic (exact) mass is 670 g/mol. The second kappa shape index (κ2) is 17.1. The maximum atomic E-state index is 12.4. The zero-order valence-electron chi connectivity index (χ0n) is 30.4. The molecule has 0 fully saturated rings. The molecule has 0 aliphatic heterocycles. The van der Waals surface area contributed by atoms with Crippen LogP contribution in [-0.4, -0.2) is 33.0 Å². The first kappa shape index (κ1) is 37.9. The van der Waals surface area contributed by atoms with Crippen LogP contribution in [0.25, 0.3) is 0 Å². The van der Waals surface area contributed by atoms with E-state index in [9.17, 15) is 25.2 Å². The molecule has 4 atom stereocenters. The summed E-state index contributed by atoms with van der Waals surface area (Å²) in [6.45, 7) is 19.2. The number of phenolic OH excluding ortho intramolecular Hbond substituents is 2. The third-order valence-corrected chi connectivity index (χ3v) is 10.6. The lowest BCUT2D eigenvalue weighted by molar-refractivity contribution is 0.0692. The van der Waals surface area contributed by atoms with E-state index in [1.807, 2.05) is 19.1 Å². The molecule has 2 aromatic carbocycles. The number of aryl methyl sites for hydroxylation is 2. The molecule has 6 nitrogen and oxygen atoms in total. The van der Waals surface area contributed by atoms with Crippen LogP contribution < -0.4 is 4.74 Å². The number of carbonyl (C=O) groups is 1. The van der Waals surface area contributed by atoms with Gasteiger partial charge in [0.25, 0.3) is 0 Å². The van der Waals surface area contributed by atoms with Gasteiger partial charge >= 0.3 is 5.97 Å². The molecule has 4 N–H and O–H groups in total. The molecule has 6 heteroatoms. The molecule has 0 saturated heterocycles. The molecule has 0 unspecified atom stereocenters. The number of carboxylic acid groups (broad SMARTS) is 1. The molecule has 2 aliphatic rings. The Kier molecular flexibility index (Phi) is 13.2. The summed E-state index contributed by atoms with van der Waals surface area (Å²) < 4.78 is 6.67. The fourth-order valence-corrected chi connectivity index (χ4v) is 7.91. The minimum absolute atomic E-state index is 0.0500. The molecule has 0 heterocycles. The molecule has 266 valence electrons. The molecule has 0 spiro atoms. The van der Waals surface area contributed by atoms with Crippen LogP contribution >= 0.6 is 0 Å². The molecular formula is C43H58O6. The van der Waals surface area contributed by atoms with Crippen LogP contribution in [-0.2, 0) is 12.8 Å². The summed E-state index contributed by atoms with van der Waals surface area (Å²) in [5.41, 5.74) is 6.64. The van der Waals surface area contributed by atoms with E-state index in [0.29, 0.717) is 24.2 Å². The molecule has 0 aromatic heterocycles. The van der Waals surface area contributed by atoms with Gasteiger partial charge in [0.2, 0.25) is 0 Å². The molecule has 0 saturated carbocycles. The SMILES string of the molecule is C=C(C)[C@@H]1CCC(C)=C[C@H]1c1c(O)cc(CCCCC)cc1OCC1=C[C@@H](c2c(O)cc(CCCCC)c(C(=O)O)c2O)[C@H](C(=C)C)CC1. The summed E-state index contributed by atoms with van der Waals surface area (Å²) in [6.07, 6.45) is 14.9. The van der Waals surface area contributed by atoms with Crippen molar-refractivity contribution in [2.24, 2.45) is 11.8 Å². The van der Waals surface area contributed by atoms with Gasteiger partial charge in [-0.2, -0.15) is 0 Å². The summed E-state index contributed by atoms with van der Waals surface area (Å²) in [4.78, 5) is 12.4. The number of unbranched alkanes of at least 4 members (excludes halogenated alkanes) is 4. The molecular weight excluding hydrogens is 612 g/mol. The minimum Gasteiger partial charge on any atom is -0.507 e. The number of ether oxygens (including phenoxy) is 1. The number of rotatable bonds is 16. The zero-order valence-corrected chi connectivity index (χ0v) is 30.4.